The highest BCUT2D eigenvalue weighted by Gasteiger charge is 2.18. The zero-order valence-corrected chi connectivity index (χ0v) is 13.9. The molecule has 0 amide bonds. The van der Waals surface area contributed by atoms with Crippen molar-refractivity contribution in [2.24, 2.45) is 10.2 Å². The van der Waals surface area contributed by atoms with Gasteiger partial charge in [0.25, 0.3) is 0 Å². The fourth-order valence-electron chi connectivity index (χ4n) is 2.41. The lowest BCUT2D eigenvalue weighted by atomic mass is 10.0. The van der Waals surface area contributed by atoms with E-state index in [9.17, 15) is 8.42 Å². The minimum absolute atomic E-state index is 0.248. The van der Waals surface area contributed by atoms with Gasteiger partial charge in [0.1, 0.15) is 0 Å². The Morgan fingerprint density at radius 1 is 0.708 bits per heavy atom. The van der Waals surface area contributed by atoms with Gasteiger partial charge in [0, 0.05) is 11.8 Å². The molecule has 0 radical (unpaired) electrons. The van der Waals surface area contributed by atoms with Crippen LogP contribution in [0.3, 0.4) is 0 Å². The van der Waals surface area contributed by atoms with Crippen molar-refractivity contribution in [3.05, 3.63) is 78.9 Å². The number of hydrogen-bond acceptors (Lipinski definition) is 4. The molecule has 3 rings (SSSR count). The number of rotatable bonds is 4. The van der Waals surface area contributed by atoms with E-state index < -0.39 is 9.84 Å². The summed E-state index contributed by atoms with van der Waals surface area (Å²) >= 11 is 0. The predicted octanol–water partition coefficient (Wildman–Crippen LogP) is 5.17. The molecule has 24 heavy (non-hydrogen) atoms. The van der Waals surface area contributed by atoms with Crippen LogP contribution in [-0.4, -0.2) is 14.7 Å². The van der Waals surface area contributed by atoms with Crippen LogP contribution < -0.4 is 0 Å². The van der Waals surface area contributed by atoms with E-state index in [1.807, 2.05) is 60.7 Å². The first-order valence-corrected chi connectivity index (χ1v) is 9.30. The number of sulfone groups is 1. The lowest BCUT2D eigenvalue weighted by molar-refractivity contribution is 0.602. The van der Waals surface area contributed by atoms with Gasteiger partial charge in [0.2, 0.25) is 0 Å². The molecule has 0 saturated heterocycles. The van der Waals surface area contributed by atoms with Crippen molar-refractivity contribution in [1.82, 2.24) is 0 Å². The van der Waals surface area contributed by atoms with Crippen LogP contribution in [0.5, 0.6) is 0 Å². The predicted molar refractivity (Wildman–Crippen MR) is 95.6 cm³/mol. The molecule has 0 aliphatic heterocycles. The summed E-state index contributed by atoms with van der Waals surface area (Å²) in [5.41, 5.74) is 2.59. The summed E-state index contributed by atoms with van der Waals surface area (Å²) in [7, 11) is -3.39. The second kappa shape index (κ2) is 6.76. The quantitative estimate of drug-likeness (QED) is 0.617. The molecule has 0 aromatic heterocycles. The average Bonchev–Trinajstić information content (AvgIpc) is 2.60. The van der Waals surface area contributed by atoms with Crippen molar-refractivity contribution in [2.75, 3.05) is 6.26 Å². The minimum atomic E-state index is -3.39. The molecule has 0 aliphatic rings. The SMILES string of the molecule is CS(=O)(=O)c1cccc(N=Nc2ccccc2)c1-c1ccccc1. The van der Waals surface area contributed by atoms with Gasteiger partial charge in [-0.15, -0.1) is 5.11 Å². The Kier molecular flexibility index (Phi) is 4.53. The molecule has 0 aliphatic carbocycles. The van der Waals surface area contributed by atoms with E-state index in [2.05, 4.69) is 10.2 Å². The first-order chi connectivity index (χ1) is 11.6. The normalized spacial score (nSPS) is 11.7. The molecular formula is C19H16N2O2S. The third kappa shape index (κ3) is 3.58. The molecule has 0 heterocycles. The lowest BCUT2D eigenvalue weighted by Crippen LogP contribution is -2.00. The van der Waals surface area contributed by atoms with Gasteiger partial charge in [-0.1, -0.05) is 54.6 Å². The molecule has 3 aromatic rings. The number of benzene rings is 3. The standard InChI is InChI=1S/C19H16N2O2S/c1-24(22,23)18-14-8-13-17(19(18)15-9-4-2-5-10-15)21-20-16-11-6-3-7-12-16/h2-14H,1H3. The van der Waals surface area contributed by atoms with Crippen LogP contribution in [0.15, 0.2) is 94.0 Å². The zero-order valence-electron chi connectivity index (χ0n) is 13.1. The molecule has 5 heteroatoms. The highest BCUT2D eigenvalue weighted by molar-refractivity contribution is 7.90. The van der Waals surface area contributed by atoms with E-state index in [1.54, 1.807) is 18.2 Å². The third-order valence-corrected chi connectivity index (χ3v) is 4.63. The largest absolute Gasteiger partial charge is 0.224 e. The van der Waals surface area contributed by atoms with Gasteiger partial charge in [0.15, 0.2) is 9.84 Å². The summed E-state index contributed by atoms with van der Waals surface area (Å²) in [6, 6.07) is 23.7. The second-order valence-corrected chi connectivity index (χ2v) is 7.31. The molecule has 0 saturated carbocycles. The van der Waals surface area contributed by atoms with Gasteiger partial charge in [0.05, 0.1) is 16.3 Å². The summed E-state index contributed by atoms with van der Waals surface area (Å²) in [6.07, 6.45) is 1.20. The molecular weight excluding hydrogens is 320 g/mol. The fraction of sp³-hybridized carbons (Fsp3) is 0.0526. The molecule has 3 aromatic carbocycles. The summed E-state index contributed by atoms with van der Waals surface area (Å²) in [6.45, 7) is 0. The zero-order chi connectivity index (χ0) is 17.0. The molecule has 0 N–H and O–H groups in total. The Labute approximate surface area is 141 Å². The average molecular weight is 336 g/mol. The maximum Gasteiger partial charge on any atom is 0.176 e. The molecule has 0 fully saturated rings. The molecule has 0 bridgehead atoms. The molecule has 0 spiro atoms. The first kappa shape index (κ1) is 16.1. The van der Waals surface area contributed by atoms with Crippen LogP contribution in [0.1, 0.15) is 0 Å². The third-order valence-electron chi connectivity index (χ3n) is 3.50. The maximum absolute atomic E-state index is 12.2. The van der Waals surface area contributed by atoms with Crippen LogP contribution in [0, 0.1) is 0 Å². The van der Waals surface area contributed by atoms with E-state index in [0.717, 1.165) is 5.56 Å². The van der Waals surface area contributed by atoms with Gasteiger partial charge >= 0.3 is 0 Å². The van der Waals surface area contributed by atoms with E-state index in [1.165, 1.54) is 6.26 Å². The smallest absolute Gasteiger partial charge is 0.176 e. The second-order valence-electron chi connectivity index (χ2n) is 5.32. The van der Waals surface area contributed by atoms with Crippen molar-refractivity contribution < 1.29 is 8.42 Å². The Hall–Kier alpha value is -2.79. The molecule has 120 valence electrons. The van der Waals surface area contributed by atoms with Crippen molar-refractivity contribution in [2.45, 2.75) is 4.90 Å². The molecule has 0 atom stereocenters. The Balaban J connectivity index is 2.18. The van der Waals surface area contributed by atoms with E-state index >= 15 is 0 Å². The highest BCUT2D eigenvalue weighted by Crippen LogP contribution is 2.36. The highest BCUT2D eigenvalue weighted by atomic mass is 32.2. The van der Waals surface area contributed by atoms with E-state index in [4.69, 9.17) is 0 Å². The Morgan fingerprint density at radius 2 is 1.33 bits per heavy atom. The van der Waals surface area contributed by atoms with E-state index in [0.29, 0.717) is 16.9 Å². The van der Waals surface area contributed by atoms with E-state index in [-0.39, 0.29) is 4.90 Å². The van der Waals surface area contributed by atoms with Crippen molar-refractivity contribution in [3.8, 4) is 11.1 Å². The number of azo groups is 1. The number of nitrogens with zero attached hydrogens (tertiary/aromatic N) is 2. The topological polar surface area (TPSA) is 58.9 Å². The lowest BCUT2D eigenvalue weighted by Gasteiger charge is -2.10. The summed E-state index contributed by atoms with van der Waals surface area (Å²) in [5.74, 6) is 0. The van der Waals surface area contributed by atoms with Crippen LogP contribution >= 0.6 is 0 Å². The molecule has 4 nitrogen and oxygen atoms in total. The van der Waals surface area contributed by atoms with Gasteiger partial charge in [-0.25, -0.2) is 8.42 Å². The first-order valence-electron chi connectivity index (χ1n) is 7.41. The number of hydrogen-bond donors (Lipinski definition) is 0. The van der Waals surface area contributed by atoms with Crippen LogP contribution in [-0.2, 0) is 9.84 Å². The van der Waals surface area contributed by atoms with Crippen LogP contribution in [0.25, 0.3) is 11.1 Å². The van der Waals surface area contributed by atoms with Crippen molar-refractivity contribution in [3.63, 3.8) is 0 Å². The fourth-order valence-corrected chi connectivity index (χ4v) is 3.33. The van der Waals surface area contributed by atoms with Gasteiger partial charge < -0.3 is 0 Å². The van der Waals surface area contributed by atoms with Crippen LogP contribution in [0.4, 0.5) is 11.4 Å². The summed E-state index contributed by atoms with van der Waals surface area (Å²) in [5, 5.41) is 8.50. The monoisotopic (exact) mass is 336 g/mol. The minimum Gasteiger partial charge on any atom is -0.224 e. The summed E-state index contributed by atoms with van der Waals surface area (Å²) in [4.78, 5) is 0.248. The van der Waals surface area contributed by atoms with Crippen LogP contribution in [0.2, 0.25) is 0 Å². The van der Waals surface area contributed by atoms with Crippen molar-refractivity contribution >= 4 is 21.2 Å². The maximum atomic E-state index is 12.2. The van der Waals surface area contributed by atoms with Gasteiger partial charge in [-0.2, -0.15) is 5.11 Å². The Bertz CT molecular complexity index is 967. The summed E-state index contributed by atoms with van der Waals surface area (Å²) < 4.78 is 24.4. The van der Waals surface area contributed by atoms with Gasteiger partial charge in [-0.3, -0.25) is 0 Å². The Morgan fingerprint density at radius 3 is 1.96 bits per heavy atom. The molecule has 0 unspecified atom stereocenters. The van der Waals surface area contributed by atoms with Gasteiger partial charge in [-0.05, 0) is 29.8 Å². The van der Waals surface area contributed by atoms with Crippen molar-refractivity contribution in [1.29, 1.82) is 0 Å².